The van der Waals surface area contributed by atoms with Crippen molar-refractivity contribution in [3.63, 3.8) is 0 Å². The van der Waals surface area contributed by atoms with Crippen LogP contribution in [0.25, 0.3) is 0 Å². The Balaban J connectivity index is 2.68. The molecule has 0 aromatic heterocycles. The Morgan fingerprint density at radius 2 is 2.13 bits per heavy atom. The van der Waals surface area contributed by atoms with Gasteiger partial charge in [-0.2, -0.15) is 0 Å². The predicted molar refractivity (Wildman–Crippen MR) is 60.5 cm³/mol. The number of rotatable bonds is 4. The maximum Gasteiger partial charge on any atom is 0.138 e. The number of aliphatic hydroxyl groups excluding tert-OH is 1. The monoisotopic (exact) mass is 210 g/mol. The number of phenols is 1. The maximum atomic E-state index is 9.25. The quantitative estimate of drug-likeness (QED) is 0.507. The number of anilines is 1. The number of phenolic OH excluding ortho intramolecular Hbond substituents is 1. The number of aliphatic hydroxyl groups is 1. The molecule has 0 aliphatic heterocycles. The molecule has 15 heavy (non-hydrogen) atoms. The van der Waals surface area contributed by atoms with Crippen molar-refractivity contribution in [2.24, 2.45) is 0 Å². The highest BCUT2D eigenvalue weighted by Crippen LogP contribution is 2.21. The molecular formula is C11H18N2O2. The highest BCUT2D eigenvalue weighted by molar-refractivity contribution is 5.53. The number of nitrogen functional groups attached to an aromatic ring is 1. The van der Waals surface area contributed by atoms with E-state index in [4.69, 9.17) is 10.8 Å². The van der Waals surface area contributed by atoms with Crippen LogP contribution in [0.4, 0.5) is 5.69 Å². The second kappa shape index (κ2) is 5.00. The van der Waals surface area contributed by atoms with Crippen molar-refractivity contribution >= 4 is 5.69 Å². The molecule has 0 heterocycles. The normalized spacial score (nSPS) is 13.1. The molecule has 1 aromatic rings. The van der Waals surface area contributed by atoms with Gasteiger partial charge in [0, 0.05) is 12.6 Å². The van der Waals surface area contributed by atoms with Crippen molar-refractivity contribution in [3.05, 3.63) is 23.8 Å². The van der Waals surface area contributed by atoms with Gasteiger partial charge in [0.15, 0.2) is 0 Å². The molecule has 1 aromatic carbocycles. The molecule has 4 nitrogen and oxygen atoms in total. The van der Waals surface area contributed by atoms with E-state index in [2.05, 4.69) is 0 Å². The summed E-state index contributed by atoms with van der Waals surface area (Å²) < 4.78 is 0. The van der Waals surface area contributed by atoms with Crippen LogP contribution in [-0.4, -0.2) is 34.8 Å². The van der Waals surface area contributed by atoms with E-state index in [0.29, 0.717) is 12.2 Å². The van der Waals surface area contributed by atoms with E-state index in [-0.39, 0.29) is 18.4 Å². The maximum absolute atomic E-state index is 9.25. The van der Waals surface area contributed by atoms with Crippen LogP contribution in [0.5, 0.6) is 5.75 Å². The van der Waals surface area contributed by atoms with E-state index < -0.39 is 0 Å². The van der Waals surface area contributed by atoms with E-state index in [1.165, 1.54) is 0 Å². The minimum absolute atomic E-state index is 0.108. The molecular weight excluding hydrogens is 192 g/mol. The number of nitrogens with zero attached hydrogens (tertiary/aromatic N) is 1. The molecule has 1 rings (SSSR count). The van der Waals surface area contributed by atoms with Crippen LogP contribution in [0.3, 0.4) is 0 Å². The van der Waals surface area contributed by atoms with Crippen LogP contribution < -0.4 is 5.73 Å². The van der Waals surface area contributed by atoms with Crippen LogP contribution in [0.2, 0.25) is 0 Å². The summed E-state index contributed by atoms with van der Waals surface area (Å²) in [5.41, 5.74) is 7.00. The summed E-state index contributed by atoms with van der Waals surface area (Å²) in [5, 5.41) is 18.2. The summed E-state index contributed by atoms with van der Waals surface area (Å²) in [6.07, 6.45) is 0. The van der Waals surface area contributed by atoms with E-state index in [1.807, 2.05) is 24.9 Å². The first kappa shape index (κ1) is 11.8. The summed E-state index contributed by atoms with van der Waals surface area (Å²) in [4.78, 5) is 2.02. The van der Waals surface area contributed by atoms with Crippen LogP contribution in [0.15, 0.2) is 18.2 Å². The first-order valence-corrected chi connectivity index (χ1v) is 4.93. The number of nitrogens with two attached hydrogens (primary N) is 1. The van der Waals surface area contributed by atoms with Gasteiger partial charge in [-0.3, -0.25) is 4.90 Å². The van der Waals surface area contributed by atoms with Crippen molar-refractivity contribution in [3.8, 4) is 5.75 Å². The van der Waals surface area contributed by atoms with Crippen molar-refractivity contribution in [1.82, 2.24) is 4.90 Å². The lowest BCUT2D eigenvalue weighted by atomic mass is 10.1. The predicted octanol–water partition coefficient (Wildman–Crippen LogP) is 0.787. The Labute approximate surface area is 89.9 Å². The third kappa shape index (κ3) is 3.11. The van der Waals surface area contributed by atoms with Crippen LogP contribution in [0, 0.1) is 0 Å². The van der Waals surface area contributed by atoms with Crippen LogP contribution >= 0.6 is 0 Å². The van der Waals surface area contributed by atoms with Gasteiger partial charge in [0.25, 0.3) is 0 Å². The van der Waals surface area contributed by atoms with E-state index in [0.717, 1.165) is 5.56 Å². The minimum atomic E-state index is 0.108. The lowest BCUT2D eigenvalue weighted by Crippen LogP contribution is -2.31. The van der Waals surface area contributed by atoms with Crippen LogP contribution in [-0.2, 0) is 6.54 Å². The molecule has 4 N–H and O–H groups in total. The average Bonchev–Trinajstić information content (AvgIpc) is 2.22. The Morgan fingerprint density at radius 1 is 1.47 bits per heavy atom. The molecule has 0 aliphatic carbocycles. The number of aromatic hydroxyl groups is 1. The molecule has 0 aliphatic rings. The minimum Gasteiger partial charge on any atom is -0.506 e. The zero-order chi connectivity index (χ0) is 11.4. The SMILES string of the molecule is CC(CO)N(C)Cc1ccc(O)c(N)c1. The Bertz CT molecular complexity index is 328. The van der Waals surface area contributed by atoms with Crippen molar-refractivity contribution in [2.45, 2.75) is 19.5 Å². The number of hydrogen-bond donors (Lipinski definition) is 3. The average molecular weight is 210 g/mol. The topological polar surface area (TPSA) is 69.7 Å². The second-order valence-electron chi connectivity index (χ2n) is 3.84. The fourth-order valence-corrected chi connectivity index (χ4v) is 1.29. The van der Waals surface area contributed by atoms with Gasteiger partial charge < -0.3 is 15.9 Å². The van der Waals surface area contributed by atoms with Gasteiger partial charge >= 0.3 is 0 Å². The van der Waals surface area contributed by atoms with Crippen molar-refractivity contribution < 1.29 is 10.2 Å². The summed E-state index contributed by atoms with van der Waals surface area (Å²) in [6.45, 7) is 2.78. The van der Waals surface area contributed by atoms with Gasteiger partial charge in [0.2, 0.25) is 0 Å². The molecule has 0 bridgehead atoms. The van der Waals surface area contributed by atoms with Crippen molar-refractivity contribution in [1.29, 1.82) is 0 Å². The number of hydrogen-bond acceptors (Lipinski definition) is 4. The van der Waals surface area contributed by atoms with E-state index >= 15 is 0 Å². The first-order chi connectivity index (χ1) is 7.04. The number of benzene rings is 1. The van der Waals surface area contributed by atoms with Gasteiger partial charge in [-0.05, 0) is 31.7 Å². The van der Waals surface area contributed by atoms with Gasteiger partial charge in [-0.25, -0.2) is 0 Å². The zero-order valence-electron chi connectivity index (χ0n) is 9.14. The van der Waals surface area contributed by atoms with Gasteiger partial charge in [-0.15, -0.1) is 0 Å². The molecule has 1 atom stereocenters. The largest absolute Gasteiger partial charge is 0.506 e. The summed E-state index contributed by atoms with van der Waals surface area (Å²) in [5.74, 6) is 0.108. The Kier molecular flexibility index (Phi) is 3.94. The van der Waals surface area contributed by atoms with Crippen molar-refractivity contribution in [2.75, 3.05) is 19.4 Å². The zero-order valence-corrected chi connectivity index (χ0v) is 9.14. The third-order valence-corrected chi connectivity index (χ3v) is 2.54. The molecule has 0 spiro atoms. The molecule has 0 saturated carbocycles. The van der Waals surface area contributed by atoms with Gasteiger partial charge in [0.05, 0.1) is 12.3 Å². The second-order valence-corrected chi connectivity index (χ2v) is 3.84. The molecule has 0 amide bonds. The standard InChI is InChI=1S/C11H18N2O2/c1-8(7-14)13(2)6-9-3-4-11(15)10(12)5-9/h3-5,8,14-15H,6-7,12H2,1-2H3. The van der Waals surface area contributed by atoms with E-state index in [9.17, 15) is 5.11 Å². The molecule has 0 saturated heterocycles. The summed E-state index contributed by atoms with van der Waals surface area (Å²) in [7, 11) is 1.93. The lowest BCUT2D eigenvalue weighted by Gasteiger charge is -2.22. The highest BCUT2D eigenvalue weighted by Gasteiger charge is 2.08. The third-order valence-electron chi connectivity index (χ3n) is 2.54. The molecule has 0 fully saturated rings. The Hall–Kier alpha value is -1.26. The summed E-state index contributed by atoms with van der Waals surface area (Å²) in [6, 6.07) is 5.27. The Morgan fingerprint density at radius 3 is 2.67 bits per heavy atom. The highest BCUT2D eigenvalue weighted by atomic mass is 16.3. The smallest absolute Gasteiger partial charge is 0.138 e. The van der Waals surface area contributed by atoms with Crippen LogP contribution in [0.1, 0.15) is 12.5 Å². The molecule has 84 valence electrons. The first-order valence-electron chi connectivity index (χ1n) is 4.93. The lowest BCUT2D eigenvalue weighted by molar-refractivity contribution is 0.154. The molecule has 1 unspecified atom stereocenters. The molecule has 4 heteroatoms. The molecule has 0 radical (unpaired) electrons. The summed E-state index contributed by atoms with van der Waals surface area (Å²) >= 11 is 0. The van der Waals surface area contributed by atoms with Gasteiger partial charge in [0.1, 0.15) is 5.75 Å². The van der Waals surface area contributed by atoms with Gasteiger partial charge in [-0.1, -0.05) is 6.07 Å². The fourth-order valence-electron chi connectivity index (χ4n) is 1.29. The fraction of sp³-hybridized carbons (Fsp3) is 0.455. The van der Waals surface area contributed by atoms with E-state index in [1.54, 1.807) is 12.1 Å². The number of likely N-dealkylation sites (N-methyl/N-ethyl adjacent to an activating group) is 1.